The van der Waals surface area contributed by atoms with Gasteiger partial charge >= 0.3 is 0 Å². The zero-order valence-corrected chi connectivity index (χ0v) is 31.6. The van der Waals surface area contributed by atoms with Gasteiger partial charge in [-0.15, -0.1) is 0 Å². The van der Waals surface area contributed by atoms with E-state index in [-0.39, 0.29) is 0 Å². The summed E-state index contributed by atoms with van der Waals surface area (Å²) in [5.74, 6) is 0. The van der Waals surface area contributed by atoms with Crippen molar-refractivity contribution in [3.63, 3.8) is 0 Å². The van der Waals surface area contributed by atoms with Gasteiger partial charge in [0.15, 0.2) is 0 Å². The first-order valence-corrected chi connectivity index (χ1v) is 17.5. The van der Waals surface area contributed by atoms with Crippen molar-refractivity contribution in [2.24, 2.45) is 0 Å². The molecule has 1 aliphatic rings. The first-order chi connectivity index (χ1) is 22.6. The van der Waals surface area contributed by atoms with Crippen molar-refractivity contribution in [2.45, 2.75) is 93.9 Å². The van der Waals surface area contributed by atoms with Gasteiger partial charge < -0.3 is 15.0 Å². The SMILES string of the molecule is C=C(C)c1ccc(C)c(C)c1.C=C/C1=C/c2cccc(c2C)CCC1.CC.CC=O.CNCCN(C)CCCCc1ccc(C)cc1. The molecule has 0 spiro atoms. The predicted molar refractivity (Wildman–Crippen MR) is 212 cm³/mol. The van der Waals surface area contributed by atoms with Gasteiger partial charge in [0, 0.05) is 13.1 Å². The van der Waals surface area contributed by atoms with E-state index in [1.165, 1.54) is 95.7 Å². The molecule has 2 bridgehead atoms. The zero-order chi connectivity index (χ0) is 35.6. The lowest BCUT2D eigenvalue weighted by Gasteiger charge is -2.15. The molecule has 1 N–H and O–H groups in total. The Morgan fingerprint density at radius 1 is 0.915 bits per heavy atom. The molecule has 1 aliphatic carbocycles. The third-order valence-electron chi connectivity index (χ3n) is 8.12. The van der Waals surface area contributed by atoms with Crippen molar-refractivity contribution in [1.29, 1.82) is 0 Å². The Kier molecular flexibility index (Phi) is 24.5. The number of carbonyl (C=O) groups excluding carboxylic acids is 1. The van der Waals surface area contributed by atoms with Gasteiger partial charge in [-0.2, -0.15) is 0 Å². The average molecular weight is 639 g/mol. The fraction of sp³-hybridized carbons (Fsp3) is 0.432. The van der Waals surface area contributed by atoms with Gasteiger partial charge in [0.05, 0.1) is 0 Å². The van der Waals surface area contributed by atoms with Crippen LogP contribution in [0.5, 0.6) is 0 Å². The van der Waals surface area contributed by atoms with Crippen LogP contribution in [-0.2, 0) is 17.6 Å². The second-order valence-electron chi connectivity index (χ2n) is 12.1. The molecule has 0 saturated heterocycles. The van der Waals surface area contributed by atoms with Crippen LogP contribution in [0.15, 0.2) is 85.5 Å². The molecule has 3 aromatic carbocycles. The van der Waals surface area contributed by atoms with Gasteiger partial charge in [0.2, 0.25) is 0 Å². The first kappa shape index (κ1) is 43.5. The highest BCUT2D eigenvalue weighted by atomic mass is 16.1. The van der Waals surface area contributed by atoms with E-state index in [9.17, 15) is 0 Å². The number of unbranched alkanes of at least 4 members (excludes halogenated alkanes) is 1. The molecule has 3 aromatic rings. The lowest BCUT2D eigenvalue weighted by atomic mass is 9.92. The van der Waals surface area contributed by atoms with Gasteiger partial charge in [0.25, 0.3) is 0 Å². The third kappa shape index (κ3) is 19.0. The van der Waals surface area contributed by atoms with E-state index < -0.39 is 0 Å². The Bertz CT molecular complexity index is 1330. The molecule has 0 aliphatic heterocycles. The Labute approximate surface area is 289 Å². The summed E-state index contributed by atoms with van der Waals surface area (Å²) in [7, 11) is 4.20. The lowest BCUT2D eigenvalue weighted by molar-refractivity contribution is -0.106. The van der Waals surface area contributed by atoms with Crippen LogP contribution in [0.2, 0.25) is 0 Å². The number of benzene rings is 3. The number of fused-ring (bicyclic) bond motifs is 2. The highest BCUT2D eigenvalue weighted by molar-refractivity contribution is 5.62. The molecule has 0 aromatic heterocycles. The molecule has 0 heterocycles. The quantitative estimate of drug-likeness (QED) is 0.177. The molecule has 0 unspecified atom stereocenters. The maximum atomic E-state index is 8.81. The van der Waals surface area contributed by atoms with Gasteiger partial charge in [-0.05, 0) is 145 Å². The fourth-order valence-corrected chi connectivity index (χ4v) is 4.93. The molecular weight excluding hydrogens is 572 g/mol. The number of nitrogens with zero attached hydrogens (tertiary/aromatic N) is 1. The number of likely N-dealkylation sites (N-methyl/N-ethyl adjacent to an activating group) is 2. The fourth-order valence-electron chi connectivity index (χ4n) is 4.93. The molecule has 258 valence electrons. The maximum Gasteiger partial charge on any atom is 0.116 e. The van der Waals surface area contributed by atoms with Crippen LogP contribution in [0.25, 0.3) is 11.6 Å². The summed E-state index contributed by atoms with van der Waals surface area (Å²) in [5.41, 5.74) is 13.5. The van der Waals surface area contributed by atoms with E-state index in [0.717, 1.165) is 31.4 Å². The van der Waals surface area contributed by atoms with Crippen molar-refractivity contribution < 1.29 is 4.79 Å². The van der Waals surface area contributed by atoms with E-state index in [0.29, 0.717) is 0 Å². The zero-order valence-electron chi connectivity index (χ0n) is 31.6. The van der Waals surface area contributed by atoms with E-state index in [1.807, 2.05) is 33.9 Å². The Hall–Kier alpha value is -3.53. The largest absolute Gasteiger partial charge is 0.318 e. The van der Waals surface area contributed by atoms with Crippen molar-refractivity contribution in [1.82, 2.24) is 10.2 Å². The molecule has 0 fully saturated rings. The van der Waals surface area contributed by atoms with E-state index in [4.69, 9.17) is 4.79 Å². The minimum absolute atomic E-state index is 0.750. The lowest BCUT2D eigenvalue weighted by Crippen LogP contribution is -2.28. The standard InChI is InChI=1S/C15H26N2.C14H16.C11H14.C2H4O.C2H6/c1-14-7-9-15(10-8-14)6-4-5-12-17(3)13-11-16-2;1-3-12-6-4-7-13-8-5-9-14(10-12)11(13)2;1-8(2)11-6-5-9(3)10(4)7-11;1-2-3;1-2/h7-10,16H,4-6,11-13H2,1-3H3;3,5,8-10H,1,4,6-7H2,2H3;5-7H,1H2,2-4H3;2H,1H3;1-2H3/b;12-10-;;;. The normalized spacial score (nSPS) is 12.4. The Morgan fingerprint density at radius 2 is 1.57 bits per heavy atom. The van der Waals surface area contributed by atoms with E-state index >= 15 is 0 Å². The van der Waals surface area contributed by atoms with Crippen LogP contribution < -0.4 is 5.32 Å². The molecule has 47 heavy (non-hydrogen) atoms. The smallest absolute Gasteiger partial charge is 0.116 e. The van der Waals surface area contributed by atoms with Gasteiger partial charge in [-0.3, -0.25) is 0 Å². The number of aryl methyl sites for hydroxylation is 5. The molecule has 0 radical (unpaired) electrons. The number of carbonyl (C=O) groups is 1. The summed E-state index contributed by atoms with van der Waals surface area (Å²) in [6.07, 6.45) is 12.4. The van der Waals surface area contributed by atoms with Crippen LogP contribution >= 0.6 is 0 Å². The van der Waals surface area contributed by atoms with E-state index in [2.05, 4.69) is 125 Å². The van der Waals surface area contributed by atoms with Crippen LogP contribution in [0, 0.1) is 27.7 Å². The number of allylic oxidation sites excluding steroid dienone is 3. The number of nitrogens with one attached hydrogen (secondary N) is 1. The Balaban J connectivity index is 0.000000641. The minimum atomic E-state index is 0.750. The molecule has 3 nitrogen and oxygen atoms in total. The minimum Gasteiger partial charge on any atom is -0.318 e. The van der Waals surface area contributed by atoms with Crippen LogP contribution in [-0.4, -0.2) is 44.9 Å². The van der Waals surface area contributed by atoms with Crippen LogP contribution in [0.1, 0.15) is 97.9 Å². The number of rotatable bonds is 10. The number of aldehydes is 1. The van der Waals surface area contributed by atoms with Crippen molar-refractivity contribution in [3.8, 4) is 0 Å². The molecule has 0 amide bonds. The van der Waals surface area contributed by atoms with E-state index in [1.54, 1.807) is 0 Å². The first-order valence-electron chi connectivity index (χ1n) is 17.5. The highest BCUT2D eigenvalue weighted by Gasteiger charge is 2.06. The topological polar surface area (TPSA) is 32.3 Å². The highest BCUT2D eigenvalue weighted by Crippen LogP contribution is 2.24. The molecule has 0 saturated carbocycles. The second kappa shape index (κ2) is 26.5. The van der Waals surface area contributed by atoms with Gasteiger partial charge in [-0.25, -0.2) is 0 Å². The summed E-state index contributed by atoms with van der Waals surface area (Å²) in [5, 5.41) is 3.18. The van der Waals surface area contributed by atoms with Gasteiger partial charge in [-0.1, -0.05) is 111 Å². The third-order valence-corrected chi connectivity index (χ3v) is 8.12. The number of hydrogen-bond acceptors (Lipinski definition) is 3. The summed E-state index contributed by atoms with van der Waals surface area (Å²) in [4.78, 5) is 11.2. The predicted octanol–water partition coefficient (Wildman–Crippen LogP) is 10.9. The summed E-state index contributed by atoms with van der Waals surface area (Å²) in [6, 6.07) is 21.9. The molecular formula is C44H66N2O. The molecule has 0 atom stereocenters. The second-order valence-corrected chi connectivity index (χ2v) is 12.1. The summed E-state index contributed by atoms with van der Waals surface area (Å²) < 4.78 is 0. The maximum absolute atomic E-state index is 8.81. The molecule has 4 rings (SSSR count). The number of hydrogen-bond donors (Lipinski definition) is 1. The van der Waals surface area contributed by atoms with Gasteiger partial charge in [0.1, 0.15) is 6.29 Å². The van der Waals surface area contributed by atoms with Crippen LogP contribution in [0.4, 0.5) is 0 Å². The summed E-state index contributed by atoms with van der Waals surface area (Å²) in [6.45, 7) is 27.3. The van der Waals surface area contributed by atoms with Crippen molar-refractivity contribution in [3.05, 3.63) is 130 Å². The monoisotopic (exact) mass is 639 g/mol. The van der Waals surface area contributed by atoms with Crippen LogP contribution in [0.3, 0.4) is 0 Å². The van der Waals surface area contributed by atoms with Crippen molar-refractivity contribution in [2.75, 3.05) is 33.7 Å². The Morgan fingerprint density at radius 3 is 2.15 bits per heavy atom. The molecule has 3 heteroatoms. The summed E-state index contributed by atoms with van der Waals surface area (Å²) >= 11 is 0. The average Bonchev–Trinajstić information content (AvgIpc) is 3.07. The van der Waals surface area contributed by atoms with Crippen molar-refractivity contribution >= 4 is 17.9 Å².